The van der Waals surface area contributed by atoms with Crippen molar-refractivity contribution in [3.8, 4) is 0 Å². The summed E-state index contributed by atoms with van der Waals surface area (Å²) in [6, 6.07) is -0.0295. The first kappa shape index (κ1) is 11.0. The van der Waals surface area contributed by atoms with Crippen molar-refractivity contribution in [1.82, 2.24) is 0 Å². The van der Waals surface area contributed by atoms with E-state index in [1.165, 1.54) is 0 Å². The van der Waals surface area contributed by atoms with Crippen molar-refractivity contribution in [3.05, 3.63) is 0 Å². The van der Waals surface area contributed by atoms with Crippen LogP contribution in [-0.2, 0) is 4.74 Å². The largest absolute Gasteiger partial charge is 0.388 e. The van der Waals surface area contributed by atoms with Crippen LogP contribution in [0.2, 0.25) is 0 Å². The van der Waals surface area contributed by atoms with E-state index in [0.29, 0.717) is 0 Å². The molecule has 0 bridgehead atoms. The van der Waals surface area contributed by atoms with Gasteiger partial charge in [0.2, 0.25) is 0 Å². The van der Waals surface area contributed by atoms with Crippen LogP contribution in [0.4, 0.5) is 0 Å². The lowest BCUT2D eigenvalue weighted by atomic mass is 9.78. The highest BCUT2D eigenvalue weighted by Gasteiger charge is 2.35. The molecule has 13 heavy (non-hydrogen) atoms. The second-order valence-corrected chi connectivity index (χ2v) is 4.05. The van der Waals surface area contributed by atoms with Gasteiger partial charge in [-0.2, -0.15) is 0 Å². The van der Waals surface area contributed by atoms with E-state index in [2.05, 4.69) is 0 Å². The maximum atomic E-state index is 10.2. The molecule has 1 rings (SSSR count). The average molecular weight is 187 g/mol. The molecule has 1 fully saturated rings. The molecule has 0 amide bonds. The molecule has 1 aliphatic rings. The van der Waals surface area contributed by atoms with Gasteiger partial charge < -0.3 is 15.6 Å². The summed E-state index contributed by atoms with van der Waals surface area (Å²) in [6.07, 6.45) is 5.77. The van der Waals surface area contributed by atoms with Crippen LogP contribution in [0.5, 0.6) is 0 Å². The molecule has 0 radical (unpaired) electrons. The van der Waals surface area contributed by atoms with Crippen LogP contribution in [0, 0.1) is 0 Å². The van der Waals surface area contributed by atoms with Crippen molar-refractivity contribution >= 4 is 0 Å². The zero-order valence-electron chi connectivity index (χ0n) is 8.46. The Bertz CT molecular complexity index is 152. The topological polar surface area (TPSA) is 55.5 Å². The van der Waals surface area contributed by atoms with Crippen LogP contribution in [0.15, 0.2) is 0 Å². The molecule has 0 aromatic heterocycles. The van der Waals surface area contributed by atoms with Crippen LogP contribution < -0.4 is 5.73 Å². The molecule has 2 atom stereocenters. The summed E-state index contributed by atoms with van der Waals surface area (Å²) in [5.74, 6) is 0. The summed E-state index contributed by atoms with van der Waals surface area (Å²) in [6.45, 7) is 0.717. The molecular weight excluding hydrogens is 166 g/mol. The lowest BCUT2D eigenvalue weighted by molar-refractivity contribution is -0.0270. The van der Waals surface area contributed by atoms with Gasteiger partial charge in [0.15, 0.2) is 0 Å². The van der Waals surface area contributed by atoms with Crippen molar-refractivity contribution < 1.29 is 9.84 Å². The molecule has 0 heterocycles. The van der Waals surface area contributed by atoms with E-state index in [-0.39, 0.29) is 6.04 Å². The number of hydrogen-bond donors (Lipinski definition) is 2. The van der Waals surface area contributed by atoms with Gasteiger partial charge in [-0.3, -0.25) is 0 Å². The van der Waals surface area contributed by atoms with Gasteiger partial charge in [-0.25, -0.2) is 0 Å². The van der Waals surface area contributed by atoms with Gasteiger partial charge in [-0.1, -0.05) is 12.8 Å². The Morgan fingerprint density at radius 2 is 2.31 bits per heavy atom. The molecular formula is C10H21NO2. The maximum Gasteiger partial charge on any atom is 0.0798 e. The van der Waals surface area contributed by atoms with Crippen LogP contribution in [-0.4, -0.2) is 30.5 Å². The molecule has 3 heteroatoms. The highest BCUT2D eigenvalue weighted by atomic mass is 16.5. The number of aliphatic hydroxyl groups is 1. The summed E-state index contributed by atoms with van der Waals surface area (Å²) in [4.78, 5) is 0. The molecule has 2 unspecified atom stereocenters. The minimum absolute atomic E-state index is 0.0295. The zero-order valence-corrected chi connectivity index (χ0v) is 8.46. The Kier molecular flexibility index (Phi) is 4.16. The van der Waals surface area contributed by atoms with Crippen LogP contribution in [0.25, 0.3) is 0 Å². The monoisotopic (exact) mass is 187 g/mol. The van der Waals surface area contributed by atoms with Crippen molar-refractivity contribution in [1.29, 1.82) is 0 Å². The van der Waals surface area contributed by atoms with Crippen molar-refractivity contribution in [2.75, 3.05) is 13.7 Å². The Labute approximate surface area is 80.3 Å². The molecule has 0 aromatic carbocycles. The zero-order chi connectivity index (χ0) is 9.73. The van der Waals surface area contributed by atoms with Gasteiger partial charge in [0, 0.05) is 19.8 Å². The van der Waals surface area contributed by atoms with Gasteiger partial charge in [0.25, 0.3) is 0 Å². The third-order valence-electron chi connectivity index (χ3n) is 3.02. The van der Waals surface area contributed by atoms with E-state index >= 15 is 0 Å². The van der Waals surface area contributed by atoms with E-state index in [9.17, 15) is 5.11 Å². The van der Waals surface area contributed by atoms with Gasteiger partial charge in [0.05, 0.1) is 5.60 Å². The summed E-state index contributed by atoms with van der Waals surface area (Å²) < 4.78 is 4.96. The van der Waals surface area contributed by atoms with Crippen molar-refractivity contribution in [2.45, 2.75) is 50.2 Å². The SMILES string of the molecule is COCCCC1(O)CCCCC1N. The fraction of sp³-hybridized carbons (Fsp3) is 1.00. The molecule has 3 nitrogen and oxygen atoms in total. The Morgan fingerprint density at radius 3 is 2.92 bits per heavy atom. The summed E-state index contributed by atoms with van der Waals surface area (Å²) >= 11 is 0. The molecule has 1 aliphatic carbocycles. The fourth-order valence-corrected chi connectivity index (χ4v) is 2.08. The molecule has 0 aromatic rings. The standard InChI is InChI=1S/C10H21NO2/c1-13-8-4-7-10(12)6-3-2-5-9(10)11/h9,12H,2-8,11H2,1H3. The predicted octanol–water partition coefficient (Wildman–Crippen LogP) is 1.05. The highest BCUT2D eigenvalue weighted by molar-refractivity contribution is 4.92. The van der Waals surface area contributed by atoms with Gasteiger partial charge in [-0.05, 0) is 25.7 Å². The first-order valence-electron chi connectivity index (χ1n) is 5.16. The number of rotatable bonds is 4. The smallest absolute Gasteiger partial charge is 0.0798 e. The summed E-state index contributed by atoms with van der Waals surface area (Å²) in [7, 11) is 1.69. The van der Waals surface area contributed by atoms with Crippen LogP contribution >= 0.6 is 0 Å². The molecule has 78 valence electrons. The summed E-state index contributed by atoms with van der Waals surface area (Å²) in [5, 5.41) is 10.2. The number of ether oxygens (including phenoxy) is 1. The molecule has 0 saturated heterocycles. The van der Waals surface area contributed by atoms with Crippen molar-refractivity contribution in [2.24, 2.45) is 5.73 Å². The van der Waals surface area contributed by atoms with Crippen molar-refractivity contribution in [3.63, 3.8) is 0 Å². The number of methoxy groups -OCH3 is 1. The first-order valence-corrected chi connectivity index (χ1v) is 5.16. The minimum Gasteiger partial charge on any atom is -0.388 e. The molecule has 0 spiro atoms. The van der Waals surface area contributed by atoms with Crippen LogP contribution in [0.3, 0.4) is 0 Å². The Hall–Kier alpha value is -0.120. The predicted molar refractivity (Wildman–Crippen MR) is 52.5 cm³/mol. The molecule has 3 N–H and O–H groups in total. The van der Waals surface area contributed by atoms with Gasteiger partial charge in [-0.15, -0.1) is 0 Å². The Morgan fingerprint density at radius 1 is 1.54 bits per heavy atom. The lowest BCUT2D eigenvalue weighted by Gasteiger charge is -2.37. The van der Waals surface area contributed by atoms with E-state index in [1.807, 2.05) is 0 Å². The van der Waals surface area contributed by atoms with Crippen LogP contribution in [0.1, 0.15) is 38.5 Å². The molecule has 1 saturated carbocycles. The second kappa shape index (κ2) is 4.94. The highest BCUT2D eigenvalue weighted by Crippen LogP contribution is 2.30. The second-order valence-electron chi connectivity index (χ2n) is 4.05. The summed E-state index contributed by atoms with van der Waals surface area (Å²) in [5.41, 5.74) is 5.29. The fourth-order valence-electron chi connectivity index (χ4n) is 2.08. The third kappa shape index (κ3) is 2.93. The van der Waals surface area contributed by atoms with E-state index in [0.717, 1.165) is 45.1 Å². The normalized spacial score (nSPS) is 34.8. The van der Waals surface area contributed by atoms with Gasteiger partial charge in [0.1, 0.15) is 0 Å². The number of nitrogens with two attached hydrogens (primary N) is 1. The third-order valence-corrected chi connectivity index (χ3v) is 3.02. The van der Waals surface area contributed by atoms with E-state index in [4.69, 9.17) is 10.5 Å². The van der Waals surface area contributed by atoms with Gasteiger partial charge >= 0.3 is 0 Å². The maximum absolute atomic E-state index is 10.2. The minimum atomic E-state index is -0.614. The van der Waals surface area contributed by atoms with E-state index < -0.39 is 5.60 Å². The quantitative estimate of drug-likeness (QED) is 0.647. The first-order chi connectivity index (χ1) is 6.19. The number of hydrogen-bond acceptors (Lipinski definition) is 3. The van der Waals surface area contributed by atoms with E-state index in [1.54, 1.807) is 7.11 Å². The Balaban J connectivity index is 2.33. The lowest BCUT2D eigenvalue weighted by Crippen LogP contribution is -2.50. The average Bonchev–Trinajstić information content (AvgIpc) is 2.11. The molecule has 0 aliphatic heterocycles.